The van der Waals surface area contributed by atoms with E-state index in [0.29, 0.717) is 24.7 Å². The van der Waals surface area contributed by atoms with Gasteiger partial charge in [0.15, 0.2) is 0 Å². The number of rotatable bonds is 6. The van der Waals surface area contributed by atoms with Crippen LogP contribution in [0.2, 0.25) is 0 Å². The average molecular weight is 433 g/mol. The van der Waals surface area contributed by atoms with E-state index in [2.05, 4.69) is 32.6 Å². The van der Waals surface area contributed by atoms with Crippen molar-refractivity contribution >= 4 is 0 Å². The van der Waals surface area contributed by atoms with Crippen LogP contribution in [0, 0.1) is 23.2 Å². The van der Waals surface area contributed by atoms with Crippen LogP contribution in [0.1, 0.15) is 85.5 Å². The second-order valence-corrected chi connectivity index (χ2v) is 11.4. The zero-order chi connectivity index (χ0) is 23.0. The third kappa shape index (κ3) is 5.35. The van der Waals surface area contributed by atoms with Crippen LogP contribution < -0.4 is 0 Å². The molecule has 176 valence electrons. The van der Waals surface area contributed by atoms with Gasteiger partial charge in [0, 0.05) is 0 Å². The second kappa shape index (κ2) is 9.51. The Hall–Kier alpha value is -0.940. The molecule has 0 aromatic heterocycles. The first-order valence-electron chi connectivity index (χ1n) is 12.3. The van der Waals surface area contributed by atoms with Crippen LogP contribution in [-0.4, -0.2) is 44.3 Å². The highest BCUT2D eigenvalue weighted by molar-refractivity contribution is 5.36. The van der Waals surface area contributed by atoms with Crippen molar-refractivity contribution in [1.82, 2.24) is 0 Å². The highest BCUT2D eigenvalue weighted by Crippen LogP contribution is 2.60. The Morgan fingerprint density at radius 2 is 1.87 bits per heavy atom. The maximum Gasteiger partial charge on any atom is 0.108 e. The summed E-state index contributed by atoms with van der Waals surface area (Å²) in [6.45, 7) is 11.9. The van der Waals surface area contributed by atoms with Gasteiger partial charge < -0.3 is 20.4 Å². The molecule has 0 bridgehead atoms. The van der Waals surface area contributed by atoms with Gasteiger partial charge in [-0.1, -0.05) is 43.7 Å². The third-order valence-electron chi connectivity index (χ3n) is 8.61. The summed E-state index contributed by atoms with van der Waals surface area (Å²) in [7, 11) is 0. The summed E-state index contributed by atoms with van der Waals surface area (Å²) >= 11 is 0. The molecule has 3 fully saturated rings. The molecular formula is C27H44O4. The van der Waals surface area contributed by atoms with Gasteiger partial charge in [-0.2, -0.15) is 0 Å². The molecule has 3 unspecified atom stereocenters. The van der Waals surface area contributed by atoms with Gasteiger partial charge in [-0.25, -0.2) is 0 Å². The summed E-state index contributed by atoms with van der Waals surface area (Å²) in [4.78, 5) is 0. The fraction of sp³-hybridized carbons (Fsp3) is 0.778. The van der Waals surface area contributed by atoms with Crippen molar-refractivity contribution in [3.05, 3.63) is 35.5 Å². The third-order valence-corrected chi connectivity index (χ3v) is 8.61. The van der Waals surface area contributed by atoms with E-state index in [-0.39, 0.29) is 17.4 Å². The fourth-order valence-electron chi connectivity index (χ4n) is 6.75. The molecule has 3 aliphatic carbocycles. The summed E-state index contributed by atoms with van der Waals surface area (Å²) in [5, 5.41) is 40.9. The van der Waals surface area contributed by atoms with Gasteiger partial charge in [0.1, 0.15) is 6.10 Å². The number of hydrogen-bond acceptors (Lipinski definition) is 4. The van der Waals surface area contributed by atoms with Crippen LogP contribution in [0.4, 0.5) is 0 Å². The fourth-order valence-corrected chi connectivity index (χ4v) is 6.75. The molecule has 31 heavy (non-hydrogen) atoms. The van der Waals surface area contributed by atoms with Crippen LogP contribution >= 0.6 is 0 Å². The van der Waals surface area contributed by atoms with Gasteiger partial charge in [0.25, 0.3) is 0 Å². The maximum atomic E-state index is 10.5. The van der Waals surface area contributed by atoms with Crippen molar-refractivity contribution in [1.29, 1.82) is 0 Å². The Morgan fingerprint density at radius 3 is 2.55 bits per heavy atom. The van der Waals surface area contributed by atoms with E-state index in [1.54, 1.807) is 13.8 Å². The first kappa shape index (κ1) is 24.7. The number of aliphatic hydroxyl groups is 4. The highest BCUT2D eigenvalue weighted by atomic mass is 16.4. The maximum absolute atomic E-state index is 10.5. The monoisotopic (exact) mass is 432 g/mol. The van der Waals surface area contributed by atoms with Gasteiger partial charge in [-0.3, -0.25) is 0 Å². The average Bonchev–Trinajstić information content (AvgIpc) is 3.04. The standard InChI is InChI=1S/C27H44O4/c1-17-8-11-21(28)16-20(17)10-9-19-7-6-14-27(5)22(12-13-23(19)27)18(2)15-24(29)25(30)26(3,4)31/h9-10,18,21-25,28-31H,1,6-8,11-16H2,2-5H3/b19-9?,20-10-/t18-,21+,22-,23?,24?,25?,27-/m1/s1. The predicted molar refractivity (Wildman–Crippen MR) is 125 cm³/mol. The molecule has 3 aliphatic rings. The molecule has 0 amide bonds. The van der Waals surface area contributed by atoms with Crippen molar-refractivity contribution in [2.24, 2.45) is 23.2 Å². The first-order chi connectivity index (χ1) is 14.4. The Kier molecular flexibility index (Phi) is 7.57. The summed E-state index contributed by atoms with van der Waals surface area (Å²) in [6, 6.07) is 0. The Balaban J connectivity index is 1.72. The molecule has 0 heterocycles. The van der Waals surface area contributed by atoms with E-state index in [4.69, 9.17) is 0 Å². The lowest BCUT2D eigenvalue weighted by molar-refractivity contribution is -0.113. The molecule has 0 radical (unpaired) electrons. The van der Waals surface area contributed by atoms with Crippen molar-refractivity contribution in [2.75, 3.05) is 0 Å². The van der Waals surface area contributed by atoms with Crippen molar-refractivity contribution in [3.8, 4) is 0 Å². The van der Waals surface area contributed by atoms with Gasteiger partial charge in [0.2, 0.25) is 0 Å². The number of aliphatic hydroxyl groups excluding tert-OH is 3. The molecule has 0 spiro atoms. The molecule has 0 aliphatic heterocycles. The molecule has 4 heteroatoms. The van der Waals surface area contributed by atoms with Crippen LogP contribution in [0.5, 0.6) is 0 Å². The lowest BCUT2D eigenvalue weighted by atomic mass is 9.60. The highest BCUT2D eigenvalue weighted by Gasteiger charge is 2.51. The summed E-state index contributed by atoms with van der Waals surface area (Å²) in [5.41, 5.74) is 2.81. The largest absolute Gasteiger partial charge is 0.393 e. The van der Waals surface area contributed by atoms with Crippen LogP contribution in [0.3, 0.4) is 0 Å². The zero-order valence-corrected chi connectivity index (χ0v) is 20.0. The quantitative estimate of drug-likeness (QED) is 0.491. The molecule has 4 nitrogen and oxygen atoms in total. The first-order valence-corrected chi connectivity index (χ1v) is 12.3. The number of fused-ring (bicyclic) bond motifs is 1. The van der Waals surface area contributed by atoms with Crippen molar-refractivity contribution < 1.29 is 20.4 Å². The zero-order valence-electron chi connectivity index (χ0n) is 20.0. The van der Waals surface area contributed by atoms with E-state index < -0.39 is 17.8 Å². The molecule has 3 saturated carbocycles. The minimum absolute atomic E-state index is 0.213. The molecule has 0 saturated heterocycles. The summed E-state index contributed by atoms with van der Waals surface area (Å²) in [6.07, 6.45) is 11.0. The molecule has 3 rings (SSSR count). The summed E-state index contributed by atoms with van der Waals surface area (Å²) in [5.74, 6) is 1.35. The van der Waals surface area contributed by atoms with E-state index in [1.807, 2.05) is 0 Å². The normalized spacial score (nSPS) is 37.7. The van der Waals surface area contributed by atoms with Crippen molar-refractivity contribution in [2.45, 2.75) is 109 Å². The van der Waals surface area contributed by atoms with Gasteiger partial charge >= 0.3 is 0 Å². The Bertz CT molecular complexity index is 715. The number of hydrogen-bond donors (Lipinski definition) is 4. The van der Waals surface area contributed by atoms with Crippen molar-refractivity contribution in [3.63, 3.8) is 0 Å². The van der Waals surface area contributed by atoms with E-state index in [0.717, 1.165) is 31.3 Å². The predicted octanol–water partition coefficient (Wildman–Crippen LogP) is 4.68. The minimum atomic E-state index is -1.30. The van der Waals surface area contributed by atoms with Crippen LogP contribution in [0.25, 0.3) is 0 Å². The lowest BCUT2D eigenvalue weighted by Crippen LogP contribution is -2.46. The number of allylic oxidation sites excluding steroid dienone is 4. The molecular weight excluding hydrogens is 388 g/mol. The second-order valence-electron chi connectivity index (χ2n) is 11.4. The smallest absolute Gasteiger partial charge is 0.108 e. The Morgan fingerprint density at radius 1 is 1.16 bits per heavy atom. The minimum Gasteiger partial charge on any atom is -0.393 e. The van der Waals surface area contributed by atoms with Crippen LogP contribution in [0.15, 0.2) is 35.5 Å². The van der Waals surface area contributed by atoms with Gasteiger partial charge in [-0.05, 0) is 100 Å². The van der Waals surface area contributed by atoms with Gasteiger partial charge in [-0.15, -0.1) is 0 Å². The van der Waals surface area contributed by atoms with E-state index in [1.165, 1.54) is 30.4 Å². The molecule has 7 atom stereocenters. The molecule has 0 aromatic carbocycles. The van der Waals surface area contributed by atoms with Crippen LogP contribution in [-0.2, 0) is 0 Å². The molecule has 4 N–H and O–H groups in total. The van der Waals surface area contributed by atoms with E-state index >= 15 is 0 Å². The lowest BCUT2D eigenvalue weighted by Gasteiger charge is -2.45. The van der Waals surface area contributed by atoms with E-state index in [9.17, 15) is 20.4 Å². The van der Waals surface area contributed by atoms with Gasteiger partial charge in [0.05, 0.1) is 17.8 Å². The summed E-state index contributed by atoms with van der Waals surface area (Å²) < 4.78 is 0. The molecule has 0 aromatic rings. The topological polar surface area (TPSA) is 80.9 Å². The SMILES string of the molecule is C=C1CC[C@H](O)C/C1=C/C=C1CCC[C@@]2(C)C1CC[C@@H]2[C@H](C)CC(O)C(O)C(C)(C)O. The Labute approximate surface area is 188 Å².